The predicted octanol–water partition coefficient (Wildman–Crippen LogP) is 2.71. The Morgan fingerprint density at radius 1 is 1.05 bits per heavy atom. The van der Waals surface area contributed by atoms with Gasteiger partial charge in [-0.15, -0.1) is 0 Å². The molecule has 0 saturated carbocycles. The minimum Gasteiger partial charge on any atom is -0.399 e. The van der Waals surface area contributed by atoms with E-state index in [1.807, 2.05) is 31.2 Å². The van der Waals surface area contributed by atoms with E-state index in [-0.39, 0.29) is 0 Å². The van der Waals surface area contributed by atoms with Crippen LogP contribution < -0.4 is 5.73 Å². The summed E-state index contributed by atoms with van der Waals surface area (Å²) in [5.41, 5.74) is 8.98. The Morgan fingerprint density at radius 3 is 2.33 bits per heavy atom. The molecule has 0 radical (unpaired) electrons. The van der Waals surface area contributed by atoms with Gasteiger partial charge in [0, 0.05) is 19.3 Å². The van der Waals surface area contributed by atoms with Crippen LogP contribution in [0.15, 0.2) is 47.4 Å². The molecule has 0 aliphatic heterocycles. The Kier molecular flexibility index (Phi) is 4.34. The zero-order valence-electron chi connectivity index (χ0n) is 12.5. The lowest BCUT2D eigenvalue weighted by Gasteiger charge is -2.19. The number of nitrogens with two attached hydrogens (primary N) is 1. The lowest BCUT2D eigenvalue weighted by atomic mass is 10.1. The summed E-state index contributed by atoms with van der Waals surface area (Å²) in [6, 6.07) is 12.6. The average Bonchev–Trinajstić information content (AvgIpc) is 2.40. The number of hydrogen-bond donors (Lipinski definition) is 1. The zero-order valence-corrected chi connectivity index (χ0v) is 13.3. The second kappa shape index (κ2) is 5.87. The smallest absolute Gasteiger partial charge is 0.243 e. The van der Waals surface area contributed by atoms with E-state index in [0.717, 1.165) is 11.1 Å². The second-order valence-electron chi connectivity index (χ2n) is 5.21. The molecule has 4 nitrogen and oxygen atoms in total. The van der Waals surface area contributed by atoms with E-state index in [4.69, 9.17) is 5.73 Å². The summed E-state index contributed by atoms with van der Waals surface area (Å²) in [6.45, 7) is 4.08. The zero-order chi connectivity index (χ0) is 15.6. The van der Waals surface area contributed by atoms with Crippen molar-refractivity contribution in [2.75, 3.05) is 12.8 Å². The number of hydrogen-bond acceptors (Lipinski definition) is 3. The van der Waals surface area contributed by atoms with Crippen molar-refractivity contribution in [3.63, 3.8) is 0 Å². The third-order valence-corrected chi connectivity index (χ3v) is 5.51. The predicted molar refractivity (Wildman–Crippen MR) is 85.4 cm³/mol. The third-order valence-electron chi connectivity index (χ3n) is 3.54. The van der Waals surface area contributed by atoms with Crippen LogP contribution >= 0.6 is 0 Å². The summed E-state index contributed by atoms with van der Waals surface area (Å²) >= 11 is 0. The summed E-state index contributed by atoms with van der Waals surface area (Å²) in [5.74, 6) is 0. The molecule has 0 unspecified atom stereocenters. The monoisotopic (exact) mass is 304 g/mol. The van der Waals surface area contributed by atoms with Gasteiger partial charge >= 0.3 is 0 Å². The highest BCUT2D eigenvalue weighted by molar-refractivity contribution is 7.89. The molecule has 112 valence electrons. The highest BCUT2D eigenvalue weighted by Crippen LogP contribution is 2.22. The molecule has 0 heterocycles. The Bertz CT molecular complexity index is 755. The third kappa shape index (κ3) is 3.25. The van der Waals surface area contributed by atoms with Crippen LogP contribution in [0.4, 0.5) is 5.69 Å². The van der Waals surface area contributed by atoms with E-state index in [2.05, 4.69) is 0 Å². The summed E-state index contributed by atoms with van der Waals surface area (Å²) in [7, 11) is -1.93. The number of rotatable bonds is 4. The largest absolute Gasteiger partial charge is 0.399 e. The first-order valence-electron chi connectivity index (χ1n) is 6.69. The van der Waals surface area contributed by atoms with Gasteiger partial charge in [0.15, 0.2) is 0 Å². The lowest BCUT2D eigenvalue weighted by Crippen LogP contribution is -2.27. The van der Waals surface area contributed by atoms with Crippen molar-refractivity contribution >= 4 is 15.7 Å². The van der Waals surface area contributed by atoms with Crippen molar-refractivity contribution in [2.45, 2.75) is 25.3 Å². The normalized spacial score (nSPS) is 11.8. The Hall–Kier alpha value is -1.85. The van der Waals surface area contributed by atoms with Crippen LogP contribution in [0.3, 0.4) is 0 Å². The molecule has 0 aliphatic rings. The molecule has 5 heteroatoms. The molecule has 2 N–H and O–H groups in total. The molecule has 0 atom stereocenters. The van der Waals surface area contributed by atoms with Crippen molar-refractivity contribution in [2.24, 2.45) is 0 Å². The molecule has 0 fully saturated rings. The van der Waals surface area contributed by atoms with Crippen molar-refractivity contribution in [3.8, 4) is 0 Å². The number of nitrogens with zero attached hydrogens (tertiary/aromatic N) is 1. The molecule has 0 bridgehead atoms. The first-order chi connectivity index (χ1) is 9.82. The molecule has 2 aromatic rings. The van der Waals surface area contributed by atoms with Crippen LogP contribution in [0.1, 0.15) is 16.7 Å². The van der Waals surface area contributed by atoms with E-state index in [1.54, 1.807) is 32.2 Å². The Morgan fingerprint density at radius 2 is 1.71 bits per heavy atom. The molecule has 0 amide bonds. The average molecular weight is 304 g/mol. The van der Waals surface area contributed by atoms with E-state index in [0.29, 0.717) is 22.7 Å². The van der Waals surface area contributed by atoms with Crippen LogP contribution in [-0.2, 0) is 16.6 Å². The van der Waals surface area contributed by atoms with Crippen LogP contribution in [0.5, 0.6) is 0 Å². The molecular formula is C16H20N2O2S. The SMILES string of the molecule is Cc1ccccc1CN(C)S(=O)(=O)c1ccc(N)cc1C. The maximum Gasteiger partial charge on any atom is 0.243 e. The minimum atomic E-state index is -3.52. The summed E-state index contributed by atoms with van der Waals surface area (Å²) in [6.07, 6.45) is 0. The van der Waals surface area contributed by atoms with Gasteiger partial charge in [-0.25, -0.2) is 8.42 Å². The minimum absolute atomic E-state index is 0.299. The van der Waals surface area contributed by atoms with Crippen LogP contribution in [-0.4, -0.2) is 19.8 Å². The molecular weight excluding hydrogens is 284 g/mol. The summed E-state index contributed by atoms with van der Waals surface area (Å²) in [5, 5.41) is 0. The summed E-state index contributed by atoms with van der Waals surface area (Å²) in [4.78, 5) is 0.299. The van der Waals surface area contributed by atoms with Gasteiger partial charge in [0.05, 0.1) is 4.90 Å². The van der Waals surface area contributed by atoms with Gasteiger partial charge < -0.3 is 5.73 Å². The molecule has 0 aromatic heterocycles. The maximum absolute atomic E-state index is 12.7. The van der Waals surface area contributed by atoms with Crippen LogP contribution in [0, 0.1) is 13.8 Å². The number of sulfonamides is 1. The quantitative estimate of drug-likeness (QED) is 0.883. The van der Waals surface area contributed by atoms with Gasteiger partial charge in [-0.1, -0.05) is 24.3 Å². The standard InChI is InChI=1S/C16H20N2O2S/c1-12-6-4-5-7-14(12)11-18(3)21(19,20)16-9-8-15(17)10-13(16)2/h4-10H,11,17H2,1-3H3. The van der Waals surface area contributed by atoms with E-state index in [1.165, 1.54) is 4.31 Å². The first-order valence-corrected chi connectivity index (χ1v) is 8.13. The Labute approximate surface area is 126 Å². The van der Waals surface area contributed by atoms with Gasteiger partial charge in [0.1, 0.15) is 0 Å². The molecule has 0 spiro atoms. The molecule has 21 heavy (non-hydrogen) atoms. The highest BCUT2D eigenvalue weighted by Gasteiger charge is 2.23. The molecule has 2 aromatic carbocycles. The van der Waals surface area contributed by atoms with Crippen molar-refractivity contribution in [1.82, 2.24) is 4.31 Å². The fraction of sp³-hybridized carbons (Fsp3) is 0.250. The number of benzene rings is 2. The summed E-state index contributed by atoms with van der Waals surface area (Å²) < 4.78 is 26.7. The van der Waals surface area contributed by atoms with Gasteiger partial charge in [-0.2, -0.15) is 4.31 Å². The number of nitrogen functional groups attached to an aromatic ring is 1. The number of aryl methyl sites for hydroxylation is 2. The van der Waals surface area contributed by atoms with E-state index in [9.17, 15) is 8.42 Å². The van der Waals surface area contributed by atoms with Gasteiger partial charge in [-0.3, -0.25) is 0 Å². The van der Waals surface area contributed by atoms with E-state index >= 15 is 0 Å². The van der Waals surface area contributed by atoms with Gasteiger partial charge in [-0.05, 0) is 48.7 Å². The number of anilines is 1. The van der Waals surface area contributed by atoms with Gasteiger partial charge in [0.25, 0.3) is 0 Å². The van der Waals surface area contributed by atoms with Crippen LogP contribution in [0.2, 0.25) is 0 Å². The fourth-order valence-electron chi connectivity index (χ4n) is 2.24. The van der Waals surface area contributed by atoms with Gasteiger partial charge in [0.2, 0.25) is 10.0 Å². The fourth-order valence-corrected chi connectivity index (χ4v) is 3.59. The van der Waals surface area contributed by atoms with Crippen molar-refractivity contribution in [1.29, 1.82) is 0 Å². The van der Waals surface area contributed by atoms with Crippen molar-refractivity contribution in [3.05, 3.63) is 59.2 Å². The highest BCUT2D eigenvalue weighted by atomic mass is 32.2. The first kappa shape index (κ1) is 15.5. The molecule has 0 aliphatic carbocycles. The van der Waals surface area contributed by atoms with Crippen LogP contribution in [0.25, 0.3) is 0 Å². The van der Waals surface area contributed by atoms with Crippen molar-refractivity contribution < 1.29 is 8.42 Å². The molecule has 0 saturated heterocycles. The molecule has 2 rings (SSSR count). The maximum atomic E-state index is 12.7. The second-order valence-corrected chi connectivity index (χ2v) is 7.23. The lowest BCUT2D eigenvalue weighted by molar-refractivity contribution is 0.465. The Balaban J connectivity index is 2.33. The van der Waals surface area contributed by atoms with E-state index < -0.39 is 10.0 Å². The topological polar surface area (TPSA) is 63.4 Å².